The van der Waals surface area contributed by atoms with Crippen molar-refractivity contribution < 1.29 is 4.79 Å². The summed E-state index contributed by atoms with van der Waals surface area (Å²) in [4.78, 5) is 11.3. The van der Waals surface area contributed by atoms with Gasteiger partial charge in [-0.1, -0.05) is 20.8 Å². The summed E-state index contributed by atoms with van der Waals surface area (Å²) in [5, 5.41) is 6.17. The van der Waals surface area contributed by atoms with Gasteiger partial charge in [-0.25, -0.2) is 0 Å². The molecule has 1 heterocycles. The quantitative estimate of drug-likeness (QED) is 0.669. The van der Waals surface area contributed by atoms with E-state index in [9.17, 15) is 4.79 Å². The van der Waals surface area contributed by atoms with Crippen LogP contribution in [0.2, 0.25) is 0 Å². The Balaban J connectivity index is 2.31. The molecule has 3 heteroatoms. The third kappa shape index (κ3) is 3.77. The highest BCUT2D eigenvalue weighted by Crippen LogP contribution is 2.12. The number of nitrogens with one attached hydrogen (secondary N) is 2. The highest BCUT2D eigenvalue weighted by molar-refractivity contribution is 5.82. The molecular formula is C10H20N2O. The lowest BCUT2D eigenvalue weighted by atomic mass is 9.95. The van der Waals surface area contributed by atoms with Crippen molar-refractivity contribution >= 4 is 5.91 Å². The topological polar surface area (TPSA) is 41.1 Å². The molecule has 0 aromatic carbocycles. The molecular weight excluding hydrogens is 164 g/mol. The van der Waals surface area contributed by atoms with Crippen LogP contribution in [0.3, 0.4) is 0 Å². The fraction of sp³-hybridized carbons (Fsp3) is 0.900. The lowest BCUT2D eigenvalue weighted by molar-refractivity contribution is -0.124. The van der Waals surface area contributed by atoms with E-state index in [4.69, 9.17) is 0 Å². The standard InChI is InChI=1S/C10H20N2O/c1-10(2,3)7-12-8-5-4-6-11-9(8)13/h8,12H,4-7H2,1-3H3,(H,11,13). The van der Waals surface area contributed by atoms with E-state index in [-0.39, 0.29) is 17.4 Å². The SMILES string of the molecule is CC(C)(C)CNC1CCCNC1=O. The molecule has 0 aliphatic carbocycles. The Morgan fingerprint density at radius 3 is 2.77 bits per heavy atom. The maximum Gasteiger partial charge on any atom is 0.237 e. The molecule has 0 saturated carbocycles. The van der Waals surface area contributed by atoms with Crippen LogP contribution >= 0.6 is 0 Å². The molecule has 0 spiro atoms. The van der Waals surface area contributed by atoms with Crippen molar-refractivity contribution in [2.75, 3.05) is 13.1 Å². The second-order valence-electron chi connectivity index (χ2n) is 4.93. The summed E-state index contributed by atoms with van der Waals surface area (Å²) in [6.07, 6.45) is 2.06. The van der Waals surface area contributed by atoms with Crippen molar-refractivity contribution in [3.8, 4) is 0 Å². The van der Waals surface area contributed by atoms with E-state index in [0.717, 1.165) is 25.9 Å². The maximum absolute atomic E-state index is 11.3. The monoisotopic (exact) mass is 184 g/mol. The smallest absolute Gasteiger partial charge is 0.237 e. The van der Waals surface area contributed by atoms with E-state index in [2.05, 4.69) is 31.4 Å². The molecule has 76 valence electrons. The van der Waals surface area contributed by atoms with Gasteiger partial charge in [0, 0.05) is 13.1 Å². The Morgan fingerprint density at radius 2 is 2.23 bits per heavy atom. The number of carbonyl (C=O) groups is 1. The van der Waals surface area contributed by atoms with Crippen LogP contribution in [0.4, 0.5) is 0 Å². The van der Waals surface area contributed by atoms with Crippen LogP contribution < -0.4 is 10.6 Å². The minimum absolute atomic E-state index is 0.0352. The predicted octanol–water partition coefficient (Wildman–Crippen LogP) is 0.901. The summed E-state index contributed by atoms with van der Waals surface area (Å²) in [6.45, 7) is 8.24. The van der Waals surface area contributed by atoms with E-state index in [1.165, 1.54) is 0 Å². The number of rotatable bonds is 2. The van der Waals surface area contributed by atoms with Gasteiger partial charge in [-0.15, -0.1) is 0 Å². The zero-order valence-electron chi connectivity index (χ0n) is 8.81. The number of amides is 1. The van der Waals surface area contributed by atoms with Gasteiger partial charge in [0.1, 0.15) is 0 Å². The molecule has 1 aliphatic heterocycles. The third-order valence-electron chi connectivity index (χ3n) is 2.16. The van der Waals surface area contributed by atoms with Crippen LogP contribution in [0.1, 0.15) is 33.6 Å². The fourth-order valence-electron chi connectivity index (χ4n) is 1.40. The van der Waals surface area contributed by atoms with Gasteiger partial charge in [-0.3, -0.25) is 4.79 Å². The number of hydrogen-bond donors (Lipinski definition) is 2. The normalized spacial score (nSPS) is 24.2. The average molecular weight is 184 g/mol. The van der Waals surface area contributed by atoms with Crippen molar-refractivity contribution in [1.82, 2.24) is 10.6 Å². The first kappa shape index (κ1) is 10.5. The third-order valence-corrected chi connectivity index (χ3v) is 2.16. The molecule has 1 amide bonds. The summed E-state index contributed by atoms with van der Waals surface area (Å²) < 4.78 is 0. The first-order valence-corrected chi connectivity index (χ1v) is 5.00. The van der Waals surface area contributed by atoms with E-state index >= 15 is 0 Å². The van der Waals surface area contributed by atoms with Crippen molar-refractivity contribution in [3.63, 3.8) is 0 Å². The van der Waals surface area contributed by atoms with Crippen molar-refractivity contribution in [1.29, 1.82) is 0 Å². The molecule has 0 aromatic heterocycles. The maximum atomic E-state index is 11.3. The molecule has 0 aromatic rings. The van der Waals surface area contributed by atoms with Gasteiger partial charge in [0.2, 0.25) is 5.91 Å². The molecule has 1 saturated heterocycles. The second kappa shape index (κ2) is 4.09. The van der Waals surface area contributed by atoms with Crippen LogP contribution in [-0.4, -0.2) is 25.0 Å². The fourth-order valence-corrected chi connectivity index (χ4v) is 1.40. The number of hydrogen-bond acceptors (Lipinski definition) is 2. The van der Waals surface area contributed by atoms with Crippen molar-refractivity contribution in [2.45, 2.75) is 39.7 Å². The Kier molecular flexibility index (Phi) is 3.31. The summed E-state index contributed by atoms with van der Waals surface area (Å²) in [7, 11) is 0. The Bertz CT molecular complexity index is 184. The summed E-state index contributed by atoms with van der Waals surface area (Å²) in [5.41, 5.74) is 0.248. The molecule has 13 heavy (non-hydrogen) atoms. The minimum atomic E-state index is 0.0352. The van der Waals surface area contributed by atoms with E-state index < -0.39 is 0 Å². The number of carbonyl (C=O) groups excluding carboxylic acids is 1. The van der Waals surface area contributed by atoms with E-state index in [1.54, 1.807) is 0 Å². The highest BCUT2D eigenvalue weighted by atomic mass is 16.2. The van der Waals surface area contributed by atoms with Gasteiger partial charge in [-0.2, -0.15) is 0 Å². The molecule has 3 nitrogen and oxygen atoms in total. The molecule has 1 fully saturated rings. The summed E-state index contributed by atoms with van der Waals surface area (Å²) in [5.74, 6) is 0.163. The van der Waals surface area contributed by atoms with Gasteiger partial charge in [0.15, 0.2) is 0 Å². The van der Waals surface area contributed by atoms with Crippen molar-refractivity contribution in [2.24, 2.45) is 5.41 Å². The van der Waals surface area contributed by atoms with Crippen LogP contribution in [0.5, 0.6) is 0 Å². The average Bonchev–Trinajstić information content (AvgIpc) is 2.01. The van der Waals surface area contributed by atoms with Gasteiger partial charge in [0.05, 0.1) is 6.04 Å². The molecule has 1 aliphatic rings. The predicted molar refractivity (Wildman–Crippen MR) is 53.5 cm³/mol. The van der Waals surface area contributed by atoms with E-state index in [1.807, 2.05) is 0 Å². The minimum Gasteiger partial charge on any atom is -0.355 e. The van der Waals surface area contributed by atoms with Gasteiger partial charge in [0.25, 0.3) is 0 Å². The molecule has 1 atom stereocenters. The summed E-state index contributed by atoms with van der Waals surface area (Å²) in [6, 6.07) is 0.0352. The molecule has 1 rings (SSSR count). The van der Waals surface area contributed by atoms with Gasteiger partial charge in [-0.05, 0) is 18.3 Å². The largest absolute Gasteiger partial charge is 0.355 e. The first-order valence-electron chi connectivity index (χ1n) is 5.00. The molecule has 0 bridgehead atoms. The zero-order valence-corrected chi connectivity index (χ0v) is 8.81. The van der Waals surface area contributed by atoms with E-state index in [0.29, 0.717) is 0 Å². The van der Waals surface area contributed by atoms with Gasteiger partial charge >= 0.3 is 0 Å². The van der Waals surface area contributed by atoms with Crippen LogP contribution in [0.25, 0.3) is 0 Å². The lowest BCUT2D eigenvalue weighted by Gasteiger charge is -2.27. The molecule has 1 unspecified atom stereocenters. The lowest BCUT2D eigenvalue weighted by Crippen LogP contribution is -2.50. The van der Waals surface area contributed by atoms with Crippen LogP contribution in [0, 0.1) is 5.41 Å². The highest BCUT2D eigenvalue weighted by Gasteiger charge is 2.22. The van der Waals surface area contributed by atoms with Crippen molar-refractivity contribution in [3.05, 3.63) is 0 Å². The first-order chi connectivity index (χ1) is 5.99. The number of piperidine rings is 1. The summed E-state index contributed by atoms with van der Waals surface area (Å²) >= 11 is 0. The zero-order chi connectivity index (χ0) is 9.90. The Hall–Kier alpha value is -0.570. The Morgan fingerprint density at radius 1 is 1.54 bits per heavy atom. The molecule has 2 N–H and O–H groups in total. The van der Waals surface area contributed by atoms with Gasteiger partial charge < -0.3 is 10.6 Å². The second-order valence-corrected chi connectivity index (χ2v) is 4.93. The Labute approximate surface area is 80.3 Å². The molecule has 0 radical (unpaired) electrons. The van der Waals surface area contributed by atoms with Crippen LogP contribution in [-0.2, 0) is 4.79 Å². The van der Waals surface area contributed by atoms with Crippen LogP contribution in [0.15, 0.2) is 0 Å².